The number of ether oxygens (including phenoxy) is 1. The van der Waals surface area contributed by atoms with Gasteiger partial charge in [-0.15, -0.1) is 0 Å². The topological polar surface area (TPSA) is 72.0 Å². The van der Waals surface area contributed by atoms with Crippen LogP contribution < -0.4 is 0 Å². The van der Waals surface area contributed by atoms with E-state index in [0.717, 1.165) is 60.7 Å². The van der Waals surface area contributed by atoms with Crippen LogP contribution in [-0.4, -0.2) is 53.7 Å². The highest BCUT2D eigenvalue weighted by molar-refractivity contribution is 5.96. The van der Waals surface area contributed by atoms with Crippen LogP contribution in [0.2, 0.25) is 0 Å². The highest BCUT2D eigenvalue weighted by Gasteiger charge is 2.25. The average Bonchev–Trinajstić information content (AvgIpc) is 3.27. The number of aryl methyl sites for hydroxylation is 1. The molecule has 1 aliphatic rings. The molecule has 1 fully saturated rings. The van der Waals surface area contributed by atoms with Gasteiger partial charge in [0, 0.05) is 49.7 Å². The smallest absolute Gasteiger partial charge is 0.374 e. The molecule has 0 saturated carbocycles. The van der Waals surface area contributed by atoms with Crippen LogP contribution in [0.4, 0.5) is 0 Å². The zero-order valence-corrected chi connectivity index (χ0v) is 16.3. The number of piperazine rings is 1. The predicted molar refractivity (Wildman–Crippen MR) is 104 cm³/mol. The fraction of sp³-hybridized carbons (Fsp3) is 0.429. The van der Waals surface area contributed by atoms with Crippen molar-refractivity contribution in [2.24, 2.45) is 0 Å². The van der Waals surface area contributed by atoms with Crippen molar-refractivity contribution in [2.75, 3.05) is 32.8 Å². The van der Waals surface area contributed by atoms with Gasteiger partial charge in [0.25, 0.3) is 0 Å². The number of aromatic nitrogens is 1. The van der Waals surface area contributed by atoms with Crippen LogP contribution in [0.5, 0.6) is 0 Å². The van der Waals surface area contributed by atoms with Gasteiger partial charge in [-0.1, -0.05) is 23.4 Å². The number of rotatable bonds is 6. The molecule has 148 valence electrons. The van der Waals surface area contributed by atoms with Crippen LogP contribution in [0.15, 0.2) is 39.3 Å². The highest BCUT2D eigenvalue weighted by atomic mass is 16.5. The maximum atomic E-state index is 12.4. The van der Waals surface area contributed by atoms with Gasteiger partial charge in [-0.3, -0.25) is 9.80 Å². The Morgan fingerprint density at radius 3 is 2.54 bits per heavy atom. The Morgan fingerprint density at radius 1 is 1.14 bits per heavy atom. The van der Waals surface area contributed by atoms with Crippen LogP contribution in [0.1, 0.15) is 34.5 Å². The number of benzene rings is 1. The normalized spacial score (nSPS) is 15.9. The van der Waals surface area contributed by atoms with E-state index in [1.165, 1.54) is 0 Å². The molecule has 3 heterocycles. The Kier molecular flexibility index (Phi) is 5.45. The minimum Gasteiger partial charge on any atom is -0.460 e. The summed E-state index contributed by atoms with van der Waals surface area (Å²) in [5, 5.41) is 4.93. The van der Waals surface area contributed by atoms with Crippen LogP contribution in [-0.2, 0) is 17.8 Å². The number of carbonyl (C=O) groups is 1. The lowest BCUT2D eigenvalue weighted by Gasteiger charge is -2.34. The SMILES string of the molecule is CCOC(=O)c1oc2ccccc2c1CN1CCN(Cc2cc(C)no2)CC1. The van der Waals surface area contributed by atoms with Crippen molar-refractivity contribution in [3.8, 4) is 0 Å². The second-order valence-corrected chi connectivity index (χ2v) is 7.11. The molecule has 1 aromatic carbocycles. The molecule has 0 radical (unpaired) electrons. The molecule has 2 aromatic heterocycles. The minimum atomic E-state index is -0.395. The summed E-state index contributed by atoms with van der Waals surface area (Å²) < 4.78 is 16.3. The van der Waals surface area contributed by atoms with Crippen LogP contribution in [0.25, 0.3) is 11.0 Å². The molecule has 1 saturated heterocycles. The number of nitrogens with zero attached hydrogens (tertiary/aromatic N) is 3. The zero-order valence-electron chi connectivity index (χ0n) is 16.3. The first kappa shape index (κ1) is 18.7. The van der Waals surface area contributed by atoms with Crippen molar-refractivity contribution >= 4 is 16.9 Å². The van der Waals surface area contributed by atoms with Crippen molar-refractivity contribution in [2.45, 2.75) is 26.9 Å². The van der Waals surface area contributed by atoms with Crippen molar-refractivity contribution in [1.29, 1.82) is 0 Å². The standard InChI is InChI=1S/C21H25N3O4/c1-3-26-21(25)20-18(17-6-4-5-7-19(17)27-20)14-24-10-8-23(9-11-24)13-16-12-15(2)22-28-16/h4-7,12H,3,8-11,13-14H2,1-2H3. The molecule has 4 rings (SSSR count). The molecule has 7 heteroatoms. The van der Waals surface area contributed by atoms with E-state index in [2.05, 4.69) is 15.0 Å². The molecule has 7 nitrogen and oxygen atoms in total. The summed E-state index contributed by atoms with van der Waals surface area (Å²) in [6.07, 6.45) is 0. The van der Waals surface area contributed by atoms with E-state index in [0.29, 0.717) is 18.9 Å². The average molecular weight is 383 g/mol. The maximum absolute atomic E-state index is 12.4. The number of para-hydroxylation sites is 1. The minimum absolute atomic E-state index is 0.322. The second kappa shape index (κ2) is 8.16. The van der Waals surface area contributed by atoms with Crippen LogP contribution in [0.3, 0.4) is 0 Å². The van der Waals surface area contributed by atoms with E-state index in [1.54, 1.807) is 6.92 Å². The molecule has 0 spiro atoms. The summed E-state index contributed by atoms with van der Waals surface area (Å²) in [4.78, 5) is 17.1. The third-order valence-electron chi connectivity index (χ3n) is 5.06. The molecule has 0 unspecified atom stereocenters. The molecule has 0 N–H and O–H groups in total. The van der Waals surface area contributed by atoms with Crippen LogP contribution >= 0.6 is 0 Å². The summed E-state index contributed by atoms with van der Waals surface area (Å²) in [6, 6.07) is 9.75. The Morgan fingerprint density at radius 2 is 1.86 bits per heavy atom. The fourth-order valence-electron chi connectivity index (χ4n) is 3.66. The molecule has 1 aliphatic heterocycles. The molecule has 0 aliphatic carbocycles. The monoisotopic (exact) mass is 383 g/mol. The fourth-order valence-corrected chi connectivity index (χ4v) is 3.66. The van der Waals surface area contributed by atoms with Crippen molar-refractivity contribution in [3.05, 3.63) is 53.1 Å². The van der Waals surface area contributed by atoms with E-state index in [-0.39, 0.29) is 0 Å². The maximum Gasteiger partial charge on any atom is 0.374 e. The number of esters is 1. The van der Waals surface area contributed by atoms with Crippen LogP contribution in [0, 0.1) is 6.92 Å². The second-order valence-electron chi connectivity index (χ2n) is 7.11. The van der Waals surface area contributed by atoms with Crippen molar-refractivity contribution < 1.29 is 18.5 Å². The third-order valence-corrected chi connectivity index (χ3v) is 5.06. The molecular formula is C21H25N3O4. The molecule has 0 atom stereocenters. The summed E-state index contributed by atoms with van der Waals surface area (Å²) in [5.74, 6) is 0.826. The number of furan rings is 1. The number of carbonyl (C=O) groups excluding carboxylic acids is 1. The summed E-state index contributed by atoms with van der Waals surface area (Å²) in [7, 11) is 0. The van der Waals surface area contributed by atoms with Gasteiger partial charge in [-0.25, -0.2) is 4.79 Å². The number of fused-ring (bicyclic) bond motifs is 1. The Bertz CT molecular complexity index is 954. The van der Waals surface area contributed by atoms with Gasteiger partial charge >= 0.3 is 5.97 Å². The largest absolute Gasteiger partial charge is 0.460 e. The Balaban J connectivity index is 1.45. The summed E-state index contributed by atoms with van der Waals surface area (Å²) in [6.45, 7) is 9.20. The zero-order chi connectivity index (χ0) is 19.5. The lowest BCUT2D eigenvalue weighted by Crippen LogP contribution is -2.45. The molecule has 0 amide bonds. The van der Waals surface area contributed by atoms with Gasteiger partial charge in [0.1, 0.15) is 5.58 Å². The predicted octanol–water partition coefficient (Wildman–Crippen LogP) is 3.22. The summed E-state index contributed by atoms with van der Waals surface area (Å²) >= 11 is 0. The van der Waals surface area contributed by atoms with Gasteiger partial charge in [0.2, 0.25) is 5.76 Å². The first-order valence-corrected chi connectivity index (χ1v) is 9.68. The van der Waals surface area contributed by atoms with E-state index < -0.39 is 5.97 Å². The van der Waals surface area contributed by atoms with Gasteiger partial charge in [0.15, 0.2) is 5.76 Å². The first-order valence-electron chi connectivity index (χ1n) is 9.68. The highest BCUT2D eigenvalue weighted by Crippen LogP contribution is 2.28. The number of hydrogen-bond acceptors (Lipinski definition) is 7. The quantitative estimate of drug-likeness (QED) is 0.605. The summed E-state index contributed by atoms with van der Waals surface area (Å²) in [5.41, 5.74) is 2.54. The van der Waals surface area contributed by atoms with Crippen molar-refractivity contribution in [3.63, 3.8) is 0 Å². The third kappa shape index (κ3) is 3.95. The Hall–Kier alpha value is -2.64. The van der Waals surface area contributed by atoms with Gasteiger partial charge in [-0.05, 0) is 19.9 Å². The molecular weight excluding hydrogens is 358 g/mol. The van der Waals surface area contributed by atoms with E-state index >= 15 is 0 Å². The Labute approximate surface area is 163 Å². The molecule has 3 aromatic rings. The molecule has 0 bridgehead atoms. The van der Waals surface area contributed by atoms with E-state index in [1.807, 2.05) is 37.3 Å². The van der Waals surface area contributed by atoms with E-state index in [9.17, 15) is 4.79 Å². The number of hydrogen-bond donors (Lipinski definition) is 0. The van der Waals surface area contributed by atoms with Gasteiger partial charge in [0.05, 0.1) is 18.8 Å². The van der Waals surface area contributed by atoms with Gasteiger partial charge < -0.3 is 13.7 Å². The molecule has 28 heavy (non-hydrogen) atoms. The lowest BCUT2D eigenvalue weighted by molar-refractivity contribution is 0.0487. The van der Waals surface area contributed by atoms with Crippen molar-refractivity contribution in [1.82, 2.24) is 15.0 Å². The van der Waals surface area contributed by atoms with E-state index in [4.69, 9.17) is 13.7 Å². The van der Waals surface area contributed by atoms with Gasteiger partial charge in [-0.2, -0.15) is 0 Å². The first-order chi connectivity index (χ1) is 13.6. The lowest BCUT2D eigenvalue weighted by atomic mass is 10.1.